The Morgan fingerprint density at radius 3 is 1.06 bits per heavy atom. The highest BCUT2D eigenvalue weighted by Crippen LogP contribution is 2.70. The average Bonchev–Trinajstić information content (AvgIpc) is 1.54. The van der Waals surface area contributed by atoms with E-state index in [4.69, 9.17) is 11.8 Å². The van der Waals surface area contributed by atoms with Crippen molar-refractivity contribution in [3.8, 4) is 6.07 Å². The molecule has 16 saturated carbocycles. The van der Waals surface area contributed by atoms with E-state index < -0.39 is 52.3 Å². The summed E-state index contributed by atoms with van der Waals surface area (Å²) in [6.45, 7) is 17.9. The molecule has 0 amide bonds. The molecule has 0 radical (unpaired) electrons. The number of fused-ring (bicyclic) bond motifs is 20. The molecule has 32 atom stereocenters. The number of nitrogens with zero attached hydrogens (tertiary/aromatic N) is 10. The van der Waals surface area contributed by atoms with Gasteiger partial charge in [-0.15, -0.1) is 0 Å². The van der Waals surface area contributed by atoms with E-state index in [0.717, 1.165) is 158 Å². The smallest absolute Gasteiger partial charge is 0.224 e. The normalized spacial score (nSPS) is 44.3. The Hall–Kier alpha value is -5.92. The van der Waals surface area contributed by atoms with E-state index in [1.807, 2.05) is 12.3 Å². The van der Waals surface area contributed by atoms with Crippen molar-refractivity contribution >= 4 is 38.7 Å². The largest absolute Gasteiger partial charge is 0.390 e. The van der Waals surface area contributed by atoms with Crippen LogP contribution in [-0.4, -0.2) is 140 Å². The maximum absolute atomic E-state index is 13.4. The Labute approximate surface area is 734 Å². The van der Waals surface area contributed by atoms with Gasteiger partial charge in [-0.3, -0.25) is 37.9 Å². The first-order chi connectivity index (χ1) is 59.2. The van der Waals surface area contributed by atoms with Crippen LogP contribution in [0.3, 0.4) is 0 Å². The van der Waals surface area contributed by atoms with E-state index in [1.54, 1.807) is 38.8 Å². The fraction of sp³-hybridized carbons (Fsp3) is 0.820. The number of hydrogen-bond donors (Lipinski definition) is 4. The number of alkyl halides is 3. The fourth-order valence-corrected chi connectivity index (χ4v) is 34.3. The van der Waals surface area contributed by atoms with Crippen LogP contribution in [0.15, 0.2) is 60.5 Å². The number of rotatable bonds is 17. The molecule has 0 unspecified atom stereocenters. The zero-order valence-corrected chi connectivity index (χ0v) is 75.7. The van der Waals surface area contributed by atoms with Crippen molar-refractivity contribution in [2.75, 3.05) is 26.3 Å². The topological polar surface area (TPSA) is 283 Å². The van der Waals surface area contributed by atoms with Gasteiger partial charge in [-0.2, -0.15) is 25.7 Å². The van der Waals surface area contributed by atoms with Crippen molar-refractivity contribution in [3.05, 3.63) is 72.6 Å². The zero-order chi connectivity index (χ0) is 87.4. The molecule has 16 aliphatic carbocycles. The van der Waals surface area contributed by atoms with Crippen LogP contribution in [0.4, 0.5) is 18.9 Å². The van der Waals surface area contributed by atoms with Crippen molar-refractivity contribution in [3.63, 3.8) is 0 Å². The highest BCUT2D eigenvalue weighted by Gasteiger charge is 2.65. The van der Waals surface area contributed by atoms with Gasteiger partial charge in [0.15, 0.2) is 33.0 Å². The number of sulfone groups is 1. The van der Waals surface area contributed by atoms with Crippen LogP contribution in [0.1, 0.15) is 278 Å². The summed E-state index contributed by atoms with van der Waals surface area (Å²) >= 11 is 0. The maximum Gasteiger partial charge on any atom is 0.224 e. The third-order valence-electron chi connectivity index (χ3n) is 39.8. The third-order valence-corrected chi connectivity index (χ3v) is 40.8. The monoisotopic (exact) mass is 1730 g/mol. The van der Waals surface area contributed by atoms with Gasteiger partial charge in [0.2, 0.25) is 5.69 Å². The van der Waals surface area contributed by atoms with Crippen molar-refractivity contribution in [2.24, 2.45) is 164 Å². The molecule has 0 bridgehead atoms. The SMILES string of the molecule is CC[C@@]1(O)CC[C@H]2[C@H](CC[C@@H]3[C@@H]2CC[C@]2(C)[C@@H](C(=O)Cn4cc(C#N)cn4)CC[C@@H]32)C1.C[C@]12CC[C@H]3[C@@H](CC[C@@H]4C[C@@](O)(CF)CC[C@@H]43)[C@@H]1CC[C@@H]2C(=O)Cn1cc(S(C)(=O)=O)cn1.C[C@]12CC[C@H]3[C@@H](CC[C@@H]4C[C@@](O)(CF)CC[C@@H]43)[C@@H]1CC[C@@H]2C(=O)Cn1cccn1.[C-]#[N+]c1cnn(CC(=O)[C@H]2CC[C@H]3[C@@H]4CC[C@@H]5C[C@@](O)(CF)CC[C@@H]5[C@H]4CC[C@]23C)c1. The average molecular weight is 1730 g/mol. The summed E-state index contributed by atoms with van der Waals surface area (Å²) in [4.78, 5) is 56.6. The Kier molecular flexibility index (Phi) is 25.5. The number of Topliss-reactive ketones (excluding diaryl/α,β-unsaturated/α-hetero) is 4. The van der Waals surface area contributed by atoms with Crippen LogP contribution in [0.5, 0.6) is 0 Å². The van der Waals surface area contributed by atoms with Crippen LogP contribution >= 0.6 is 0 Å². The molecule has 16 aliphatic rings. The predicted molar refractivity (Wildman–Crippen MR) is 463 cm³/mol. The standard InChI is InChI=1S/C26H37N3O2.C25H34FN3O2.C25H37FN2O4S.C24H35FN2O2/c1-3-26(31)11-9-19-18(12-26)4-5-21-20(19)8-10-25(2)22(21)6-7-23(25)24(30)16-29-15-17(13-27)14-28-29;1-24-9-7-19-18-8-10-25(31,15-26)11-16(18)3-4-20(19)21(24)5-6-22(24)23(30)14-29-13-17(27-2)12-28-29;1-24-9-7-19-18-8-10-25(30,15-26)11-16(18)3-4-20(19)21(24)5-6-22(24)23(29)14-28-13-17(12-27-28)33(2,31)32;1-23-9-7-18-17-8-10-24(29,15-25)13-16(17)3-4-19(18)20(23)5-6-21(23)22(28)14-27-12-2-11-26-27/h14-15,18-23,31H,3-12,16H2,1-2H3;12-13,16,18-22,31H,3-11,14-15H2,1H3;12-13,16,18-22,30H,3-11,14-15H2,1-2H3;2,11-12,16-21,29H,3-10,13-15H2,1H3/t18-,19+,20-,21-,22+,23-,25+,26-;2*16-,18+,19-,20-,21+,22-,24+,25-;16-,17+,18-,19-,20+,21-,23+,24-/m1111/s1. The van der Waals surface area contributed by atoms with Crippen LogP contribution in [0.25, 0.3) is 4.85 Å². The lowest BCUT2D eigenvalue weighted by Crippen LogP contribution is -2.52. The van der Waals surface area contributed by atoms with Gasteiger partial charge in [0.05, 0.1) is 79.3 Å². The van der Waals surface area contributed by atoms with Gasteiger partial charge in [-0.25, -0.2) is 26.4 Å². The van der Waals surface area contributed by atoms with Crippen LogP contribution < -0.4 is 0 Å². The fourth-order valence-electron chi connectivity index (χ4n) is 33.8. The maximum atomic E-state index is 13.4. The molecule has 4 N–H and O–H groups in total. The second-order valence-electron chi connectivity index (χ2n) is 45.3. The van der Waals surface area contributed by atoms with Crippen molar-refractivity contribution in [2.45, 2.75) is 326 Å². The number of carbonyl (C=O) groups is 4. The summed E-state index contributed by atoms with van der Waals surface area (Å²) < 4.78 is 70.1. The summed E-state index contributed by atoms with van der Waals surface area (Å²) in [6.07, 6.45) is 51.7. The Bertz CT molecular complexity index is 4570. The van der Waals surface area contributed by atoms with E-state index in [2.05, 4.69) is 65.9 Å². The van der Waals surface area contributed by atoms with Gasteiger partial charge in [0.25, 0.3) is 0 Å². The third kappa shape index (κ3) is 16.8. The Balaban J connectivity index is 0.000000117. The van der Waals surface area contributed by atoms with Gasteiger partial charge in [-0.1, -0.05) is 34.6 Å². The lowest BCUT2D eigenvalue weighted by Gasteiger charge is -2.57. The first-order valence-electron chi connectivity index (χ1n) is 48.9. The van der Waals surface area contributed by atoms with E-state index in [-0.39, 0.29) is 74.9 Å². The highest BCUT2D eigenvalue weighted by atomic mass is 32.2. The van der Waals surface area contributed by atoms with Crippen molar-refractivity contribution < 1.29 is 61.2 Å². The molecule has 124 heavy (non-hydrogen) atoms. The summed E-state index contributed by atoms with van der Waals surface area (Å²) in [5.41, 5.74) is -2.36. The van der Waals surface area contributed by atoms with Gasteiger partial charge in [0.1, 0.15) is 31.0 Å². The molecule has 0 aromatic carbocycles. The molecule has 4 heterocycles. The summed E-state index contributed by atoms with van der Waals surface area (Å²) in [5, 5.41) is 68.2. The van der Waals surface area contributed by atoms with Gasteiger partial charge in [0, 0.05) is 60.9 Å². The number of halogens is 3. The molecule has 20 rings (SSSR count). The van der Waals surface area contributed by atoms with Crippen molar-refractivity contribution in [1.82, 2.24) is 39.1 Å². The Morgan fingerprint density at radius 2 is 0.750 bits per heavy atom. The predicted octanol–water partition coefficient (Wildman–Crippen LogP) is 18.0. The molecule has 4 aromatic rings. The minimum atomic E-state index is -3.33. The number of nitriles is 1. The van der Waals surface area contributed by atoms with Crippen LogP contribution in [0, 0.1) is 182 Å². The molecule has 16 fully saturated rings. The van der Waals surface area contributed by atoms with E-state index in [0.29, 0.717) is 169 Å². The number of carbonyl (C=O) groups excluding carboxylic acids is 4. The number of hydrogen-bond acceptors (Lipinski definition) is 15. The molecule has 0 saturated heterocycles. The first kappa shape index (κ1) is 90.0. The molecular weight excluding hydrogens is 1590 g/mol. The molecule has 0 aliphatic heterocycles. The lowest BCUT2D eigenvalue weighted by atomic mass is 9.48. The van der Waals surface area contributed by atoms with E-state index in [1.165, 1.54) is 93.9 Å². The molecule has 680 valence electrons. The number of aliphatic hydroxyl groups is 4. The van der Waals surface area contributed by atoms with Gasteiger partial charge < -0.3 is 20.4 Å². The lowest BCUT2D eigenvalue weighted by molar-refractivity contribution is -0.134. The van der Waals surface area contributed by atoms with E-state index in [9.17, 15) is 61.2 Å². The zero-order valence-electron chi connectivity index (χ0n) is 74.9. The van der Waals surface area contributed by atoms with Gasteiger partial charge >= 0.3 is 0 Å². The van der Waals surface area contributed by atoms with Crippen molar-refractivity contribution in [1.29, 1.82) is 5.26 Å². The summed E-state index contributed by atoms with van der Waals surface area (Å²) in [5.74, 6) is 14.3. The molecule has 4 aromatic heterocycles. The minimum Gasteiger partial charge on any atom is -0.390 e. The first-order valence-corrected chi connectivity index (χ1v) is 50.8. The van der Waals surface area contributed by atoms with Crippen LogP contribution in [0.2, 0.25) is 0 Å². The quantitative estimate of drug-likeness (QED) is 0.0715. The number of ketones is 4. The minimum absolute atomic E-state index is 0.00459. The number of aromatic nitrogens is 8. The molecular formula is C100H143F3N10O10S. The summed E-state index contributed by atoms with van der Waals surface area (Å²) in [7, 11) is -3.33. The van der Waals surface area contributed by atoms with Gasteiger partial charge in [-0.05, 0) is 384 Å². The highest BCUT2D eigenvalue weighted by molar-refractivity contribution is 7.90. The second kappa shape index (κ2) is 35.1. The molecule has 0 spiro atoms. The summed E-state index contributed by atoms with van der Waals surface area (Å²) in [6, 6.07) is 3.97. The Morgan fingerprint density at radius 1 is 0.427 bits per heavy atom. The molecule has 20 nitrogen and oxygen atoms in total. The molecule has 24 heteroatoms. The van der Waals surface area contributed by atoms with E-state index >= 15 is 0 Å². The van der Waals surface area contributed by atoms with Crippen LogP contribution in [-0.2, 0) is 55.2 Å². The second-order valence-corrected chi connectivity index (χ2v) is 47.3.